The second-order valence-electron chi connectivity index (χ2n) is 13.9. The van der Waals surface area contributed by atoms with Crippen molar-refractivity contribution < 1.29 is 129 Å². The summed E-state index contributed by atoms with van der Waals surface area (Å²) in [5, 5.41) is 176. The van der Waals surface area contributed by atoms with Crippen molar-refractivity contribution in [3.05, 3.63) is 0 Å². The zero-order valence-electron chi connectivity index (χ0n) is 29.2. The van der Waals surface area contributed by atoms with E-state index in [0.29, 0.717) is 0 Å². The molecule has 25 atom stereocenters. The van der Waals surface area contributed by atoms with Crippen molar-refractivity contribution in [2.24, 2.45) is 0 Å². The summed E-state index contributed by atoms with van der Waals surface area (Å²) in [7, 11) is 0. The van der Waals surface area contributed by atoms with Crippen LogP contribution in [0.15, 0.2) is 0 Å². The average Bonchev–Trinajstić information content (AvgIpc) is 3.19. The van der Waals surface area contributed by atoms with Gasteiger partial charge in [0.15, 0.2) is 31.5 Å². The van der Waals surface area contributed by atoms with Gasteiger partial charge in [-0.05, 0) is 0 Å². The normalized spacial score (nSPS) is 53.2. The average molecular weight is 829 g/mol. The number of aliphatic hydroxyl groups is 17. The molecule has 0 saturated carbocycles. The van der Waals surface area contributed by atoms with Crippen molar-refractivity contribution in [1.82, 2.24) is 0 Å². The summed E-state index contributed by atoms with van der Waals surface area (Å²) in [6.45, 7) is -4.51. The van der Waals surface area contributed by atoms with Crippen LogP contribution >= 0.6 is 0 Å². The highest BCUT2D eigenvalue weighted by atomic mass is 16.8. The third kappa shape index (κ3) is 9.16. The first kappa shape index (κ1) is 46.0. The van der Waals surface area contributed by atoms with E-state index in [4.69, 9.17) is 42.6 Å². The largest absolute Gasteiger partial charge is 0.394 e. The molecule has 5 aliphatic heterocycles. The molecule has 0 aromatic rings. The first-order chi connectivity index (χ1) is 26.5. The molecule has 56 heavy (non-hydrogen) atoms. The standard InChI is InChI=1S/C30H52O26/c31-1-6-11(36)12(37)18(43)27(49-6)54-23-8(3-33)51-29(20(45)14(23)39)56-25-10(5-35)52-30(21(46)16(25)41)55-24-9(4-34)50-28(19(44)15(24)40)53-22-7(2-32)48-26(47)17(42)13(22)38/h6-47H,1-5H2/t6-,7-,8-,9-,10-,11+,12+,13-,14-,15-,16-,17-,18-,19-,20-,21-,22+,23+,24+,25+,26-,27+,28+,29+,30+/m1/s1. The van der Waals surface area contributed by atoms with Gasteiger partial charge in [0.1, 0.15) is 122 Å². The van der Waals surface area contributed by atoms with Crippen molar-refractivity contribution in [3.63, 3.8) is 0 Å². The fourth-order valence-electron chi connectivity index (χ4n) is 7.03. The zero-order chi connectivity index (χ0) is 41.3. The van der Waals surface area contributed by atoms with E-state index in [1.807, 2.05) is 0 Å². The van der Waals surface area contributed by atoms with Gasteiger partial charge in [0.25, 0.3) is 0 Å². The van der Waals surface area contributed by atoms with Crippen LogP contribution in [0.3, 0.4) is 0 Å². The third-order valence-corrected chi connectivity index (χ3v) is 10.3. The van der Waals surface area contributed by atoms with Gasteiger partial charge < -0.3 is 129 Å². The van der Waals surface area contributed by atoms with Crippen LogP contribution in [0.1, 0.15) is 0 Å². The van der Waals surface area contributed by atoms with Crippen LogP contribution in [0.2, 0.25) is 0 Å². The molecule has 0 aromatic carbocycles. The lowest BCUT2D eigenvalue weighted by Crippen LogP contribution is -2.68. The minimum atomic E-state index is -2.12. The molecule has 5 heterocycles. The Morgan fingerprint density at radius 3 is 0.821 bits per heavy atom. The first-order valence-corrected chi connectivity index (χ1v) is 17.6. The molecule has 26 nitrogen and oxygen atoms in total. The van der Waals surface area contributed by atoms with E-state index in [9.17, 15) is 86.8 Å². The molecule has 0 bridgehead atoms. The lowest BCUT2D eigenvalue weighted by molar-refractivity contribution is -0.392. The van der Waals surface area contributed by atoms with Crippen LogP contribution in [0.5, 0.6) is 0 Å². The van der Waals surface area contributed by atoms with E-state index in [0.717, 1.165) is 0 Å². The van der Waals surface area contributed by atoms with E-state index in [1.165, 1.54) is 0 Å². The summed E-state index contributed by atoms with van der Waals surface area (Å²) in [6, 6.07) is 0. The van der Waals surface area contributed by atoms with Gasteiger partial charge in [0, 0.05) is 0 Å². The number of hydrogen-bond donors (Lipinski definition) is 17. The molecule has 5 aliphatic rings. The van der Waals surface area contributed by atoms with Gasteiger partial charge in [-0.25, -0.2) is 0 Å². The molecular formula is C30H52O26. The highest BCUT2D eigenvalue weighted by Crippen LogP contribution is 2.35. The lowest BCUT2D eigenvalue weighted by Gasteiger charge is -2.49. The Kier molecular flexibility index (Phi) is 16.1. The maximum Gasteiger partial charge on any atom is 0.187 e. The summed E-state index contributed by atoms with van der Waals surface area (Å²) in [5.41, 5.74) is 0. The van der Waals surface area contributed by atoms with Gasteiger partial charge in [-0.1, -0.05) is 0 Å². The van der Waals surface area contributed by atoms with Crippen LogP contribution in [0.25, 0.3) is 0 Å². The van der Waals surface area contributed by atoms with E-state index in [-0.39, 0.29) is 0 Å². The zero-order valence-corrected chi connectivity index (χ0v) is 29.2. The predicted molar refractivity (Wildman–Crippen MR) is 167 cm³/mol. The molecule has 328 valence electrons. The highest BCUT2D eigenvalue weighted by molar-refractivity contribution is 4.99. The molecule has 26 heteroatoms. The van der Waals surface area contributed by atoms with Crippen molar-refractivity contribution in [1.29, 1.82) is 0 Å². The lowest BCUT2D eigenvalue weighted by atomic mass is 9.95. The first-order valence-electron chi connectivity index (χ1n) is 17.6. The fourth-order valence-corrected chi connectivity index (χ4v) is 7.03. The number of rotatable bonds is 13. The minimum absolute atomic E-state index is 0.811. The Labute approximate surface area is 316 Å². The molecule has 5 saturated heterocycles. The van der Waals surface area contributed by atoms with Crippen LogP contribution in [0, 0.1) is 0 Å². The molecule has 0 amide bonds. The van der Waals surface area contributed by atoms with Gasteiger partial charge in [0.05, 0.1) is 33.0 Å². The maximum atomic E-state index is 11.1. The van der Waals surface area contributed by atoms with Crippen LogP contribution in [0.4, 0.5) is 0 Å². The van der Waals surface area contributed by atoms with Crippen molar-refractivity contribution in [2.45, 2.75) is 154 Å². The summed E-state index contributed by atoms with van der Waals surface area (Å²) >= 11 is 0. The van der Waals surface area contributed by atoms with E-state index >= 15 is 0 Å². The molecule has 0 aromatic heterocycles. The van der Waals surface area contributed by atoms with Gasteiger partial charge in [-0.3, -0.25) is 0 Å². The molecule has 0 unspecified atom stereocenters. The van der Waals surface area contributed by atoms with Crippen molar-refractivity contribution in [2.75, 3.05) is 33.0 Å². The van der Waals surface area contributed by atoms with Crippen molar-refractivity contribution >= 4 is 0 Å². The van der Waals surface area contributed by atoms with Crippen molar-refractivity contribution in [3.8, 4) is 0 Å². The quantitative estimate of drug-likeness (QED) is 0.0819. The van der Waals surface area contributed by atoms with Crippen LogP contribution in [-0.4, -0.2) is 273 Å². The number of ether oxygens (including phenoxy) is 9. The second kappa shape index (κ2) is 19.6. The smallest absolute Gasteiger partial charge is 0.187 e. The summed E-state index contributed by atoms with van der Waals surface area (Å²) in [6.07, 6.45) is -45.8. The van der Waals surface area contributed by atoms with E-state index < -0.39 is 187 Å². The Hall–Kier alpha value is -1.04. The molecule has 0 aliphatic carbocycles. The van der Waals surface area contributed by atoms with Gasteiger partial charge in [0.2, 0.25) is 0 Å². The van der Waals surface area contributed by atoms with Crippen LogP contribution in [-0.2, 0) is 42.6 Å². The summed E-state index contributed by atoms with van der Waals surface area (Å²) in [5.74, 6) is 0. The molecular weight excluding hydrogens is 776 g/mol. The number of hydrogen-bond acceptors (Lipinski definition) is 26. The minimum Gasteiger partial charge on any atom is -0.394 e. The molecule has 5 rings (SSSR count). The van der Waals surface area contributed by atoms with E-state index in [2.05, 4.69) is 0 Å². The third-order valence-electron chi connectivity index (χ3n) is 10.3. The van der Waals surface area contributed by atoms with Gasteiger partial charge in [-0.2, -0.15) is 0 Å². The maximum absolute atomic E-state index is 11.1. The van der Waals surface area contributed by atoms with Gasteiger partial charge >= 0.3 is 0 Å². The molecule has 0 radical (unpaired) electrons. The SMILES string of the molecule is OC[C@H]1O[C@@H](O[C@@H]2[C@H](O)[C@@H](O)[C@H](O[C@@H]3[C@H](O)[C@@H](O)[C@H](O[C@@H]4[C@H](O)[C@@H](O)[C@H](O[C@@H]5[C@H](O)[C@@H](O)[C@H](O)O[C@@H]5CO)O[C@@H]4CO)O[C@@H]3CO)O[C@@H]2CO)[C@H](O)[C@@H](O)[C@H]1O. The monoisotopic (exact) mass is 828 g/mol. The molecule has 5 fully saturated rings. The van der Waals surface area contributed by atoms with Gasteiger partial charge in [-0.15, -0.1) is 0 Å². The highest BCUT2D eigenvalue weighted by Gasteiger charge is 2.56. The Balaban J connectivity index is 1.22. The topological polar surface area (TPSA) is 427 Å². The summed E-state index contributed by atoms with van der Waals surface area (Å²) in [4.78, 5) is 0. The Morgan fingerprint density at radius 1 is 0.268 bits per heavy atom. The van der Waals surface area contributed by atoms with E-state index in [1.54, 1.807) is 0 Å². The Morgan fingerprint density at radius 2 is 0.518 bits per heavy atom. The fraction of sp³-hybridized carbons (Fsp3) is 1.00. The second-order valence-corrected chi connectivity index (χ2v) is 13.9. The summed E-state index contributed by atoms with van der Waals surface area (Å²) < 4.78 is 49.1. The van der Waals surface area contributed by atoms with Crippen LogP contribution < -0.4 is 0 Å². The Bertz CT molecular complexity index is 1200. The predicted octanol–water partition coefficient (Wildman–Crippen LogP) is -11.9. The number of aliphatic hydroxyl groups excluding tert-OH is 17. The molecule has 17 N–H and O–H groups in total. The molecule has 0 spiro atoms.